The molecule has 1 N–H and O–H groups in total. The minimum Gasteiger partial charge on any atom is -0.454 e. The molecule has 2 aliphatic rings. The van der Waals surface area contributed by atoms with Crippen LogP contribution in [-0.4, -0.2) is 41.6 Å². The maximum Gasteiger partial charge on any atom is 0.254 e. The van der Waals surface area contributed by atoms with Crippen molar-refractivity contribution in [1.82, 2.24) is 9.88 Å². The Balaban J connectivity index is 1.19. The topological polar surface area (TPSA) is 80.8 Å². The molecule has 1 fully saturated rings. The van der Waals surface area contributed by atoms with E-state index < -0.39 is 0 Å². The quantitative estimate of drug-likeness (QED) is 0.697. The number of benzene rings is 2. The lowest BCUT2D eigenvalue weighted by atomic mass is 9.97. The molecule has 0 aliphatic carbocycles. The first kappa shape index (κ1) is 18.6. The first-order valence-corrected chi connectivity index (χ1v) is 10.5. The van der Waals surface area contributed by atoms with E-state index in [1.807, 2.05) is 36.6 Å². The van der Waals surface area contributed by atoms with Gasteiger partial charge in [0.25, 0.3) is 5.91 Å². The molecular formula is C22H19N3O4S. The number of anilines is 1. The zero-order valence-corrected chi connectivity index (χ0v) is 17.1. The van der Waals surface area contributed by atoms with Crippen LogP contribution in [0.4, 0.5) is 5.69 Å². The van der Waals surface area contributed by atoms with Crippen molar-refractivity contribution in [3.8, 4) is 22.8 Å². The van der Waals surface area contributed by atoms with E-state index in [-0.39, 0.29) is 24.5 Å². The lowest BCUT2D eigenvalue weighted by Crippen LogP contribution is -2.54. The number of carbonyl (C=O) groups is 2. The maximum absolute atomic E-state index is 12.6. The van der Waals surface area contributed by atoms with E-state index in [0.717, 1.165) is 22.0 Å². The molecule has 0 spiro atoms. The Morgan fingerprint density at radius 3 is 2.77 bits per heavy atom. The van der Waals surface area contributed by atoms with Gasteiger partial charge in [-0.3, -0.25) is 9.59 Å². The molecule has 5 rings (SSSR count). The SMILES string of the molecule is Cc1nc(-c2cccc(NC(=O)C3CN(C(=O)c4ccc5c(c4)OCO5)C3)c2)cs1. The zero-order chi connectivity index (χ0) is 20.7. The van der Waals surface area contributed by atoms with Gasteiger partial charge in [0, 0.05) is 35.3 Å². The number of nitrogens with zero attached hydrogens (tertiary/aromatic N) is 2. The smallest absolute Gasteiger partial charge is 0.254 e. The van der Waals surface area contributed by atoms with E-state index in [1.165, 1.54) is 0 Å². The summed E-state index contributed by atoms with van der Waals surface area (Å²) in [4.78, 5) is 31.4. The largest absolute Gasteiger partial charge is 0.454 e. The van der Waals surface area contributed by atoms with E-state index in [4.69, 9.17) is 9.47 Å². The van der Waals surface area contributed by atoms with Crippen LogP contribution in [0, 0.1) is 12.8 Å². The highest BCUT2D eigenvalue weighted by Gasteiger charge is 2.36. The Morgan fingerprint density at radius 2 is 1.97 bits per heavy atom. The predicted octanol–water partition coefficient (Wildman–Crippen LogP) is 3.56. The van der Waals surface area contributed by atoms with Crippen molar-refractivity contribution in [2.24, 2.45) is 5.92 Å². The third-order valence-corrected chi connectivity index (χ3v) is 5.98. The fourth-order valence-electron chi connectivity index (χ4n) is 3.52. The van der Waals surface area contributed by atoms with Crippen LogP contribution >= 0.6 is 11.3 Å². The van der Waals surface area contributed by atoms with E-state index >= 15 is 0 Å². The molecule has 0 radical (unpaired) electrons. The number of aromatic nitrogens is 1. The summed E-state index contributed by atoms with van der Waals surface area (Å²) in [5, 5.41) is 5.96. The van der Waals surface area contributed by atoms with Crippen LogP contribution in [0.5, 0.6) is 11.5 Å². The highest BCUT2D eigenvalue weighted by Crippen LogP contribution is 2.33. The maximum atomic E-state index is 12.6. The number of amides is 2. The van der Waals surface area contributed by atoms with Crippen molar-refractivity contribution in [3.05, 3.63) is 58.4 Å². The number of aryl methyl sites for hydroxylation is 1. The van der Waals surface area contributed by atoms with Gasteiger partial charge in [-0.25, -0.2) is 4.98 Å². The summed E-state index contributed by atoms with van der Waals surface area (Å²) in [6, 6.07) is 12.8. The van der Waals surface area contributed by atoms with E-state index in [1.54, 1.807) is 34.4 Å². The summed E-state index contributed by atoms with van der Waals surface area (Å²) in [6.07, 6.45) is 0. The molecule has 1 aromatic heterocycles. The Morgan fingerprint density at radius 1 is 1.13 bits per heavy atom. The van der Waals surface area contributed by atoms with Crippen molar-refractivity contribution >= 4 is 28.8 Å². The van der Waals surface area contributed by atoms with Crippen molar-refractivity contribution in [3.63, 3.8) is 0 Å². The van der Waals surface area contributed by atoms with Crippen LogP contribution in [0.3, 0.4) is 0 Å². The summed E-state index contributed by atoms with van der Waals surface area (Å²) < 4.78 is 10.6. The number of rotatable bonds is 4. The van der Waals surface area contributed by atoms with Gasteiger partial charge in [-0.2, -0.15) is 0 Å². The minimum absolute atomic E-state index is 0.0867. The Hall–Kier alpha value is -3.39. The van der Waals surface area contributed by atoms with Gasteiger partial charge in [-0.1, -0.05) is 12.1 Å². The summed E-state index contributed by atoms with van der Waals surface area (Å²) in [7, 11) is 0. The summed E-state index contributed by atoms with van der Waals surface area (Å²) in [5.41, 5.74) is 3.12. The van der Waals surface area contributed by atoms with Crippen LogP contribution in [0.1, 0.15) is 15.4 Å². The lowest BCUT2D eigenvalue weighted by Gasteiger charge is -2.38. The highest BCUT2D eigenvalue weighted by molar-refractivity contribution is 7.09. The molecule has 8 heteroatoms. The van der Waals surface area contributed by atoms with E-state index in [2.05, 4.69) is 10.3 Å². The number of hydrogen-bond donors (Lipinski definition) is 1. The second-order valence-electron chi connectivity index (χ2n) is 7.30. The van der Waals surface area contributed by atoms with Crippen molar-refractivity contribution in [2.75, 3.05) is 25.2 Å². The Kier molecular flexibility index (Phi) is 4.63. The van der Waals surface area contributed by atoms with Gasteiger partial charge in [-0.05, 0) is 37.3 Å². The number of likely N-dealkylation sites (tertiary alicyclic amines) is 1. The lowest BCUT2D eigenvalue weighted by molar-refractivity contribution is -0.123. The van der Waals surface area contributed by atoms with Gasteiger partial charge in [0.1, 0.15) is 0 Å². The molecular weight excluding hydrogens is 402 g/mol. The minimum atomic E-state index is -0.229. The second kappa shape index (κ2) is 7.46. The first-order valence-electron chi connectivity index (χ1n) is 9.59. The molecule has 7 nitrogen and oxygen atoms in total. The van der Waals surface area contributed by atoms with Gasteiger partial charge < -0.3 is 19.7 Å². The van der Waals surface area contributed by atoms with Crippen molar-refractivity contribution < 1.29 is 19.1 Å². The highest BCUT2D eigenvalue weighted by atomic mass is 32.1. The molecule has 0 atom stereocenters. The first-order chi connectivity index (χ1) is 14.6. The summed E-state index contributed by atoms with van der Waals surface area (Å²) >= 11 is 1.59. The number of ether oxygens (including phenoxy) is 2. The molecule has 152 valence electrons. The number of hydrogen-bond acceptors (Lipinski definition) is 6. The van der Waals surface area contributed by atoms with E-state index in [9.17, 15) is 9.59 Å². The standard InChI is InChI=1S/C22H19N3O4S/c1-13-23-18(11-30-13)14-3-2-4-17(7-14)24-21(26)16-9-25(10-16)22(27)15-5-6-19-20(8-15)29-12-28-19/h2-8,11,16H,9-10,12H2,1H3,(H,24,26). The third kappa shape index (κ3) is 3.50. The van der Waals surface area contributed by atoms with Crippen LogP contribution in [0.25, 0.3) is 11.3 Å². The molecule has 0 saturated carbocycles. The molecule has 2 aliphatic heterocycles. The number of nitrogens with one attached hydrogen (secondary N) is 1. The van der Waals surface area contributed by atoms with Crippen LogP contribution < -0.4 is 14.8 Å². The average Bonchev–Trinajstić information content (AvgIpc) is 3.35. The van der Waals surface area contributed by atoms with Crippen LogP contribution in [-0.2, 0) is 4.79 Å². The number of fused-ring (bicyclic) bond motifs is 1. The Bertz CT molecular complexity index is 1140. The summed E-state index contributed by atoms with van der Waals surface area (Å²) in [6.45, 7) is 2.92. The van der Waals surface area contributed by atoms with Gasteiger partial charge in [0.05, 0.1) is 16.6 Å². The number of carbonyl (C=O) groups excluding carboxylic acids is 2. The van der Waals surface area contributed by atoms with Crippen LogP contribution in [0.2, 0.25) is 0 Å². The molecule has 3 heterocycles. The molecule has 1 saturated heterocycles. The van der Waals surface area contributed by atoms with Crippen LogP contribution in [0.15, 0.2) is 47.8 Å². The molecule has 0 unspecified atom stereocenters. The zero-order valence-electron chi connectivity index (χ0n) is 16.3. The fourth-order valence-corrected chi connectivity index (χ4v) is 4.14. The average molecular weight is 421 g/mol. The van der Waals surface area contributed by atoms with Gasteiger partial charge >= 0.3 is 0 Å². The molecule has 0 bridgehead atoms. The monoisotopic (exact) mass is 421 g/mol. The summed E-state index contributed by atoms with van der Waals surface area (Å²) in [5.74, 6) is 0.788. The van der Waals surface area contributed by atoms with Gasteiger partial charge in [0.2, 0.25) is 12.7 Å². The number of thiazole rings is 1. The molecule has 3 aromatic rings. The van der Waals surface area contributed by atoms with Gasteiger partial charge in [0.15, 0.2) is 11.5 Å². The molecule has 30 heavy (non-hydrogen) atoms. The Labute approximate surface area is 177 Å². The van der Waals surface area contributed by atoms with Crippen molar-refractivity contribution in [1.29, 1.82) is 0 Å². The van der Waals surface area contributed by atoms with Gasteiger partial charge in [-0.15, -0.1) is 11.3 Å². The fraction of sp³-hybridized carbons (Fsp3) is 0.227. The van der Waals surface area contributed by atoms with Crippen molar-refractivity contribution in [2.45, 2.75) is 6.92 Å². The third-order valence-electron chi connectivity index (χ3n) is 5.20. The normalized spacial score (nSPS) is 15.0. The second-order valence-corrected chi connectivity index (χ2v) is 8.36. The van der Waals surface area contributed by atoms with E-state index in [0.29, 0.717) is 30.2 Å². The predicted molar refractivity (Wildman–Crippen MR) is 113 cm³/mol. The molecule has 2 aromatic carbocycles. The molecule has 2 amide bonds.